The van der Waals surface area contributed by atoms with Crippen molar-refractivity contribution in [2.24, 2.45) is 11.8 Å². The number of fused-ring (bicyclic) bond motifs is 1. The third-order valence-electron chi connectivity index (χ3n) is 9.09. The van der Waals surface area contributed by atoms with Crippen molar-refractivity contribution in [2.75, 3.05) is 31.2 Å². The third kappa shape index (κ3) is 6.76. The highest BCUT2D eigenvalue weighted by Crippen LogP contribution is 2.60. The van der Waals surface area contributed by atoms with Gasteiger partial charge in [0.15, 0.2) is 0 Å². The van der Waals surface area contributed by atoms with Gasteiger partial charge in [0.2, 0.25) is 11.8 Å². The number of carbonyl (C=O) groups excluding carboxylic acids is 4. The molecule has 0 saturated carbocycles. The molecule has 12 heteroatoms. The van der Waals surface area contributed by atoms with Crippen LogP contribution in [0, 0.1) is 11.8 Å². The fourth-order valence-corrected chi connectivity index (χ4v) is 8.27. The molecule has 2 bridgehead atoms. The second-order valence-electron chi connectivity index (χ2n) is 11.9. The predicted octanol–water partition coefficient (Wildman–Crippen LogP) is 4.36. The summed E-state index contributed by atoms with van der Waals surface area (Å²) in [5.74, 6) is -3.56. The lowest BCUT2D eigenvalue weighted by Crippen LogP contribution is -2.57. The molecule has 5 rings (SSSR count). The monoisotopic (exact) mass is 727 g/mol. The van der Waals surface area contributed by atoms with Gasteiger partial charge in [-0.15, -0.1) is 13.2 Å². The summed E-state index contributed by atoms with van der Waals surface area (Å²) in [6.07, 6.45) is 3.69. The number of carbonyl (C=O) groups is 4. The lowest BCUT2D eigenvalue weighted by Gasteiger charge is -2.37. The van der Waals surface area contributed by atoms with E-state index in [4.69, 9.17) is 21.1 Å². The van der Waals surface area contributed by atoms with E-state index in [0.717, 1.165) is 5.56 Å². The Morgan fingerprint density at radius 3 is 2.57 bits per heavy atom. The second kappa shape index (κ2) is 15.1. The lowest BCUT2D eigenvalue weighted by atomic mass is 9.70. The Morgan fingerprint density at radius 1 is 1.17 bits per heavy atom. The zero-order valence-corrected chi connectivity index (χ0v) is 28.3. The van der Waals surface area contributed by atoms with Gasteiger partial charge in [-0.1, -0.05) is 82.1 Å². The summed E-state index contributed by atoms with van der Waals surface area (Å²) in [6, 6.07) is 14.3. The molecule has 3 saturated heterocycles. The number of halogens is 2. The number of para-hydroxylation sites is 1. The van der Waals surface area contributed by atoms with Crippen LogP contribution in [-0.4, -0.2) is 82.6 Å². The zero-order chi connectivity index (χ0) is 33.7. The van der Waals surface area contributed by atoms with E-state index in [1.54, 1.807) is 36.4 Å². The molecule has 3 aliphatic heterocycles. The van der Waals surface area contributed by atoms with Crippen LogP contribution < -0.4 is 10.2 Å². The van der Waals surface area contributed by atoms with Crippen LogP contribution in [0.1, 0.15) is 37.3 Å². The Bertz CT molecular complexity index is 1510. The molecule has 0 aliphatic carbocycles. The van der Waals surface area contributed by atoms with Crippen molar-refractivity contribution >= 4 is 56.9 Å². The maximum absolute atomic E-state index is 14.6. The molecule has 2 aromatic rings. The minimum Gasteiger partial charge on any atom is -0.463 e. The van der Waals surface area contributed by atoms with Crippen molar-refractivity contribution in [3.05, 3.63) is 90.5 Å². The van der Waals surface area contributed by atoms with Crippen LogP contribution in [0.25, 0.3) is 0 Å². The molecule has 3 aliphatic rings. The first-order chi connectivity index (χ1) is 22.7. The largest absolute Gasteiger partial charge is 0.463 e. The van der Waals surface area contributed by atoms with Gasteiger partial charge in [-0.25, -0.2) is 0 Å². The van der Waals surface area contributed by atoms with Gasteiger partial charge in [0.05, 0.1) is 34.7 Å². The average molecular weight is 729 g/mol. The number of hydrogen-bond acceptors (Lipinski definition) is 7. The van der Waals surface area contributed by atoms with Crippen molar-refractivity contribution < 1.29 is 33.8 Å². The smallest absolute Gasteiger partial charge is 0.306 e. The van der Waals surface area contributed by atoms with E-state index in [1.165, 1.54) is 9.80 Å². The van der Waals surface area contributed by atoms with Crippen LogP contribution in [0.2, 0.25) is 5.02 Å². The molecule has 3 amide bonds. The summed E-state index contributed by atoms with van der Waals surface area (Å²) in [6.45, 7) is 7.37. The van der Waals surface area contributed by atoms with Gasteiger partial charge < -0.3 is 29.7 Å². The summed E-state index contributed by atoms with van der Waals surface area (Å²) in [7, 11) is 0. The van der Waals surface area contributed by atoms with Gasteiger partial charge in [-0.3, -0.25) is 19.2 Å². The first-order valence-electron chi connectivity index (χ1n) is 15.7. The number of alkyl halides is 1. The highest BCUT2D eigenvalue weighted by Gasteiger charge is 2.76. The second-order valence-corrected chi connectivity index (χ2v) is 13.5. The molecule has 47 heavy (non-hydrogen) atoms. The third-order valence-corrected chi connectivity index (χ3v) is 10.3. The topological polar surface area (TPSA) is 125 Å². The van der Waals surface area contributed by atoms with Crippen LogP contribution in [0.3, 0.4) is 0 Å². The zero-order valence-electron chi connectivity index (χ0n) is 25.9. The van der Waals surface area contributed by atoms with Gasteiger partial charge in [0.1, 0.15) is 18.2 Å². The highest BCUT2D eigenvalue weighted by molar-refractivity contribution is 9.09. The molecule has 2 aromatic carbocycles. The Kier molecular flexibility index (Phi) is 11.2. The van der Waals surface area contributed by atoms with Crippen molar-refractivity contribution in [1.82, 2.24) is 10.2 Å². The number of amides is 3. The summed E-state index contributed by atoms with van der Waals surface area (Å²) in [4.78, 5) is 58.2. The summed E-state index contributed by atoms with van der Waals surface area (Å²) in [5, 5.41) is 13.1. The molecule has 7 atom stereocenters. The van der Waals surface area contributed by atoms with Crippen molar-refractivity contribution in [1.29, 1.82) is 0 Å². The van der Waals surface area contributed by atoms with E-state index in [9.17, 15) is 24.3 Å². The van der Waals surface area contributed by atoms with E-state index in [0.29, 0.717) is 23.6 Å². The molecule has 0 aromatic heterocycles. The average Bonchev–Trinajstić information content (AvgIpc) is 3.67. The number of anilines is 1. The van der Waals surface area contributed by atoms with E-state index in [1.807, 2.05) is 30.3 Å². The van der Waals surface area contributed by atoms with Crippen LogP contribution in [0.5, 0.6) is 0 Å². The van der Waals surface area contributed by atoms with Crippen LogP contribution >= 0.6 is 27.5 Å². The van der Waals surface area contributed by atoms with Crippen molar-refractivity contribution in [3.63, 3.8) is 0 Å². The molecule has 10 nitrogen and oxygen atoms in total. The van der Waals surface area contributed by atoms with Crippen molar-refractivity contribution in [2.45, 2.75) is 54.3 Å². The standard InChI is InChI=1S/C35H39BrClN3O7/c1-3-5-16-27(42)46-21-25(22-12-7-6-8-13-22)38-32(43)28-29-33(44)40(18-11-19-41)31(35(29)20-23(36)30(28)47-35)34(45)39(17-4-2)26-15-10-9-14-24(26)37/h3-4,6-10,12-15,23,25,28-31,41H,1-2,5,11,16-21H2,(H,38,43)/t23?,25-,28-,29+,30-,31-,35+/m1/s1. The maximum Gasteiger partial charge on any atom is 0.306 e. The Balaban J connectivity index is 1.48. The fourth-order valence-electron chi connectivity index (χ4n) is 7.09. The van der Waals surface area contributed by atoms with Gasteiger partial charge in [0, 0.05) is 30.9 Å². The van der Waals surface area contributed by atoms with Gasteiger partial charge >= 0.3 is 5.97 Å². The summed E-state index contributed by atoms with van der Waals surface area (Å²) >= 11 is 10.2. The fraction of sp³-hybridized carbons (Fsp3) is 0.429. The molecular formula is C35H39BrClN3O7. The molecule has 0 radical (unpaired) electrons. The highest BCUT2D eigenvalue weighted by atomic mass is 79.9. The van der Waals surface area contributed by atoms with Crippen molar-refractivity contribution in [3.8, 4) is 0 Å². The minimum atomic E-state index is -1.31. The molecule has 1 unspecified atom stereocenters. The van der Waals surface area contributed by atoms with Gasteiger partial charge in [-0.2, -0.15) is 0 Å². The van der Waals surface area contributed by atoms with E-state index in [-0.39, 0.29) is 49.9 Å². The van der Waals surface area contributed by atoms with Gasteiger partial charge in [0.25, 0.3) is 5.91 Å². The molecular weight excluding hydrogens is 690 g/mol. The Labute approximate surface area is 287 Å². The maximum atomic E-state index is 14.6. The first-order valence-corrected chi connectivity index (χ1v) is 17.0. The number of nitrogens with zero attached hydrogens (tertiary/aromatic N) is 2. The normalized spacial score (nSPS) is 26.4. The summed E-state index contributed by atoms with van der Waals surface area (Å²) in [5.41, 5.74) is -0.134. The number of hydrogen-bond donors (Lipinski definition) is 2. The molecule has 1 spiro atoms. The number of allylic oxidation sites excluding steroid dienone is 1. The number of aliphatic hydroxyl groups excluding tert-OH is 1. The Morgan fingerprint density at radius 2 is 1.89 bits per heavy atom. The van der Waals surface area contributed by atoms with Crippen LogP contribution in [-0.2, 0) is 28.7 Å². The number of esters is 1. The van der Waals surface area contributed by atoms with E-state index in [2.05, 4.69) is 34.4 Å². The quantitative estimate of drug-likeness (QED) is 0.159. The number of likely N-dealkylation sites (tertiary alicyclic amines) is 1. The molecule has 2 N–H and O–H groups in total. The van der Waals surface area contributed by atoms with E-state index < -0.39 is 53.4 Å². The van der Waals surface area contributed by atoms with Gasteiger partial charge in [-0.05, 0) is 37.0 Å². The van der Waals surface area contributed by atoms with Crippen LogP contribution in [0.4, 0.5) is 5.69 Å². The predicted molar refractivity (Wildman–Crippen MR) is 181 cm³/mol. The lowest BCUT2D eigenvalue weighted by molar-refractivity contribution is -0.145. The first kappa shape index (κ1) is 34.8. The molecule has 3 fully saturated rings. The number of ether oxygens (including phenoxy) is 2. The number of benzene rings is 2. The molecule has 3 heterocycles. The number of rotatable bonds is 15. The SMILES string of the molecule is C=CCCC(=O)OC[C@@H](NC(=O)[C@H]1[C@@H]2O[C@@]3(CC2Br)[C@@H]1C(=O)N(CCCO)[C@@H]3C(=O)N(CC=C)c1ccccc1Cl)c1ccccc1. The minimum absolute atomic E-state index is 0.0943. The summed E-state index contributed by atoms with van der Waals surface area (Å²) < 4.78 is 12.1. The molecule has 250 valence electrons. The number of aliphatic hydroxyl groups is 1. The Hall–Kier alpha value is -3.51. The number of nitrogens with one attached hydrogen (secondary N) is 1. The van der Waals surface area contributed by atoms with E-state index >= 15 is 0 Å². The van der Waals surface area contributed by atoms with Crippen LogP contribution in [0.15, 0.2) is 79.9 Å².